The first kappa shape index (κ1) is 9.61. The third kappa shape index (κ3) is 1.65. The van der Waals surface area contributed by atoms with Gasteiger partial charge in [-0.1, -0.05) is 5.21 Å². The van der Waals surface area contributed by atoms with E-state index in [0.717, 1.165) is 18.8 Å². The molecule has 1 fully saturated rings. The molecule has 3 N–H and O–H groups in total. The van der Waals surface area contributed by atoms with Gasteiger partial charge in [0.15, 0.2) is 0 Å². The third-order valence-corrected chi connectivity index (χ3v) is 2.96. The minimum atomic E-state index is 0.328. The Balaban J connectivity index is 2.19. The molecular weight excluding hydrogens is 178 g/mol. The largest absolute Gasteiger partial charge is 0.330 e. The van der Waals surface area contributed by atoms with E-state index in [2.05, 4.69) is 15.6 Å². The quantitative estimate of drug-likeness (QED) is 0.686. The van der Waals surface area contributed by atoms with E-state index in [0.29, 0.717) is 12.0 Å². The molecule has 1 aliphatic heterocycles. The van der Waals surface area contributed by atoms with E-state index in [-0.39, 0.29) is 0 Å². The first-order chi connectivity index (χ1) is 6.83. The van der Waals surface area contributed by atoms with Gasteiger partial charge in [-0.25, -0.2) is 0 Å². The van der Waals surface area contributed by atoms with Gasteiger partial charge in [0.2, 0.25) is 0 Å². The lowest BCUT2D eigenvalue weighted by molar-refractivity contribution is 0.280. The molecule has 0 spiro atoms. The molecule has 1 saturated heterocycles. The van der Waals surface area contributed by atoms with Crippen molar-refractivity contribution in [2.24, 2.45) is 18.7 Å². The summed E-state index contributed by atoms with van der Waals surface area (Å²) in [5.41, 5.74) is 6.90. The van der Waals surface area contributed by atoms with Gasteiger partial charge < -0.3 is 11.1 Å². The predicted octanol–water partition coefficient (Wildman–Crippen LogP) is -0.185. The number of nitrogens with zero attached hydrogens (tertiary/aromatic N) is 3. The zero-order valence-electron chi connectivity index (χ0n) is 8.48. The van der Waals surface area contributed by atoms with Gasteiger partial charge >= 0.3 is 0 Å². The van der Waals surface area contributed by atoms with Crippen LogP contribution < -0.4 is 11.1 Å². The van der Waals surface area contributed by atoms with Gasteiger partial charge in [-0.3, -0.25) is 4.68 Å². The fourth-order valence-electron chi connectivity index (χ4n) is 2.13. The normalized spacial score (nSPS) is 27.9. The van der Waals surface area contributed by atoms with Crippen LogP contribution in [0.4, 0.5) is 0 Å². The van der Waals surface area contributed by atoms with Crippen LogP contribution in [0.1, 0.15) is 24.6 Å². The Morgan fingerprint density at radius 2 is 2.57 bits per heavy atom. The van der Waals surface area contributed by atoms with Crippen molar-refractivity contribution in [3.63, 3.8) is 0 Å². The predicted molar refractivity (Wildman–Crippen MR) is 53.5 cm³/mol. The fourth-order valence-corrected chi connectivity index (χ4v) is 2.13. The highest BCUT2D eigenvalue weighted by Gasteiger charge is 2.27. The molecule has 14 heavy (non-hydrogen) atoms. The average molecular weight is 195 g/mol. The van der Waals surface area contributed by atoms with Gasteiger partial charge in [-0.2, -0.15) is 0 Å². The minimum Gasteiger partial charge on any atom is -0.330 e. The zero-order chi connectivity index (χ0) is 9.97. The van der Waals surface area contributed by atoms with E-state index in [4.69, 9.17) is 5.73 Å². The van der Waals surface area contributed by atoms with E-state index < -0.39 is 0 Å². The van der Waals surface area contributed by atoms with Crippen LogP contribution in [0.5, 0.6) is 0 Å². The van der Waals surface area contributed by atoms with Gasteiger partial charge in [0.05, 0.1) is 17.9 Å². The molecule has 0 aliphatic carbocycles. The smallest absolute Gasteiger partial charge is 0.0756 e. The Kier molecular flexibility index (Phi) is 2.79. The van der Waals surface area contributed by atoms with Crippen molar-refractivity contribution in [2.75, 3.05) is 13.1 Å². The van der Waals surface area contributed by atoms with Crippen LogP contribution in [0, 0.1) is 5.92 Å². The van der Waals surface area contributed by atoms with Crippen molar-refractivity contribution in [3.05, 3.63) is 11.9 Å². The van der Waals surface area contributed by atoms with E-state index >= 15 is 0 Å². The molecule has 78 valence electrons. The van der Waals surface area contributed by atoms with Gasteiger partial charge in [0.25, 0.3) is 0 Å². The third-order valence-electron chi connectivity index (χ3n) is 2.96. The molecular formula is C9H17N5. The van der Waals surface area contributed by atoms with Gasteiger partial charge in [0.1, 0.15) is 0 Å². The Labute approximate surface area is 83.7 Å². The number of rotatable bonds is 2. The molecule has 1 aliphatic rings. The zero-order valence-corrected chi connectivity index (χ0v) is 8.48. The molecule has 0 amide bonds. The molecule has 5 heteroatoms. The van der Waals surface area contributed by atoms with Crippen LogP contribution in [-0.4, -0.2) is 28.1 Å². The minimum absolute atomic E-state index is 0.328. The lowest BCUT2D eigenvalue weighted by Gasteiger charge is -2.31. The summed E-state index contributed by atoms with van der Waals surface area (Å²) < 4.78 is 1.83. The first-order valence-electron chi connectivity index (χ1n) is 5.11. The number of hydrogen-bond acceptors (Lipinski definition) is 4. The average Bonchev–Trinajstić information content (AvgIpc) is 2.64. The lowest BCUT2D eigenvalue weighted by Crippen LogP contribution is -2.38. The summed E-state index contributed by atoms with van der Waals surface area (Å²) in [5.74, 6) is 0.515. The lowest BCUT2D eigenvalue weighted by atomic mass is 9.89. The maximum absolute atomic E-state index is 5.76. The molecule has 0 aromatic carbocycles. The standard InChI is InChI=1S/C9H17N5/c1-14-8(6-12-13-14)9-7(5-10)3-2-4-11-9/h6-7,9,11H,2-5,10H2,1H3. The summed E-state index contributed by atoms with van der Waals surface area (Å²) in [6.45, 7) is 1.79. The topological polar surface area (TPSA) is 68.8 Å². The second-order valence-electron chi connectivity index (χ2n) is 3.85. The van der Waals surface area contributed by atoms with Crippen LogP contribution in [-0.2, 0) is 7.05 Å². The molecule has 0 bridgehead atoms. The Morgan fingerprint density at radius 1 is 1.71 bits per heavy atom. The second kappa shape index (κ2) is 4.06. The number of aryl methyl sites for hydroxylation is 1. The molecule has 0 radical (unpaired) electrons. The van der Waals surface area contributed by atoms with Crippen molar-refractivity contribution in [3.8, 4) is 0 Å². The first-order valence-corrected chi connectivity index (χ1v) is 5.11. The number of nitrogens with two attached hydrogens (primary N) is 1. The molecule has 5 nitrogen and oxygen atoms in total. The van der Waals surface area contributed by atoms with E-state index in [9.17, 15) is 0 Å². The highest BCUT2D eigenvalue weighted by molar-refractivity contribution is 5.05. The molecule has 1 aromatic heterocycles. The van der Waals surface area contributed by atoms with E-state index in [1.165, 1.54) is 12.8 Å². The number of nitrogens with one attached hydrogen (secondary N) is 1. The van der Waals surface area contributed by atoms with Gasteiger partial charge in [0, 0.05) is 7.05 Å². The van der Waals surface area contributed by atoms with Crippen LogP contribution in [0.15, 0.2) is 6.20 Å². The van der Waals surface area contributed by atoms with Crippen molar-refractivity contribution in [2.45, 2.75) is 18.9 Å². The molecule has 2 rings (SSSR count). The van der Waals surface area contributed by atoms with Gasteiger partial charge in [-0.05, 0) is 31.8 Å². The fraction of sp³-hybridized carbons (Fsp3) is 0.778. The van der Waals surface area contributed by atoms with Crippen molar-refractivity contribution >= 4 is 0 Å². The van der Waals surface area contributed by atoms with Crippen molar-refractivity contribution in [1.29, 1.82) is 0 Å². The van der Waals surface area contributed by atoms with Crippen molar-refractivity contribution in [1.82, 2.24) is 20.3 Å². The summed E-state index contributed by atoms with van der Waals surface area (Å²) in [7, 11) is 1.92. The summed E-state index contributed by atoms with van der Waals surface area (Å²) in [4.78, 5) is 0. The van der Waals surface area contributed by atoms with Gasteiger partial charge in [-0.15, -0.1) is 5.10 Å². The molecule has 2 unspecified atom stereocenters. The molecule has 1 aromatic rings. The van der Waals surface area contributed by atoms with Crippen molar-refractivity contribution < 1.29 is 0 Å². The van der Waals surface area contributed by atoms with Crippen LogP contribution in [0.3, 0.4) is 0 Å². The summed E-state index contributed by atoms with van der Waals surface area (Å²) in [6.07, 6.45) is 4.23. The molecule has 0 saturated carbocycles. The summed E-state index contributed by atoms with van der Waals surface area (Å²) >= 11 is 0. The Morgan fingerprint density at radius 3 is 3.21 bits per heavy atom. The summed E-state index contributed by atoms with van der Waals surface area (Å²) in [6, 6.07) is 0.328. The van der Waals surface area contributed by atoms with Crippen LogP contribution >= 0.6 is 0 Å². The Hall–Kier alpha value is -0.940. The Bertz CT molecular complexity index is 295. The highest BCUT2D eigenvalue weighted by atomic mass is 15.4. The highest BCUT2D eigenvalue weighted by Crippen LogP contribution is 2.27. The van der Waals surface area contributed by atoms with Crippen LogP contribution in [0.25, 0.3) is 0 Å². The van der Waals surface area contributed by atoms with Crippen LogP contribution in [0.2, 0.25) is 0 Å². The SMILES string of the molecule is Cn1nncc1C1NCCCC1CN. The summed E-state index contributed by atoms with van der Waals surface area (Å²) in [5, 5.41) is 11.3. The second-order valence-corrected chi connectivity index (χ2v) is 3.85. The van der Waals surface area contributed by atoms with E-state index in [1.54, 1.807) is 0 Å². The molecule has 2 heterocycles. The maximum atomic E-state index is 5.76. The maximum Gasteiger partial charge on any atom is 0.0756 e. The number of hydrogen-bond donors (Lipinski definition) is 2. The number of piperidine rings is 1. The molecule has 2 atom stereocenters. The number of aromatic nitrogens is 3. The van der Waals surface area contributed by atoms with E-state index in [1.807, 2.05) is 17.9 Å². The monoisotopic (exact) mass is 195 g/mol.